The normalized spacial score (nSPS) is 35.0. The zero-order valence-corrected chi connectivity index (χ0v) is 13.0. The highest BCUT2D eigenvalue weighted by Crippen LogP contribution is 2.56. The van der Waals surface area contributed by atoms with Crippen LogP contribution in [-0.2, 0) is 9.59 Å². The summed E-state index contributed by atoms with van der Waals surface area (Å²) in [6, 6.07) is 5.24. The van der Waals surface area contributed by atoms with E-state index in [2.05, 4.69) is 15.9 Å². The molecule has 5 heteroatoms. The van der Waals surface area contributed by atoms with Crippen LogP contribution in [0.25, 0.3) is 0 Å². The van der Waals surface area contributed by atoms with Crippen molar-refractivity contribution >= 4 is 45.0 Å². The fraction of sp³-hybridized carbons (Fsp3) is 0.467. The summed E-state index contributed by atoms with van der Waals surface area (Å²) in [7, 11) is 0. The molecule has 2 saturated carbocycles. The lowest BCUT2D eigenvalue weighted by molar-refractivity contribution is -0.123. The average molecular weight is 355 g/mol. The van der Waals surface area contributed by atoms with Crippen LogP contribution < -0.4 is 4.90 Å². The van der Waals surface area contributed by atoms with Crippen LogP contribution >= 0.6 is 27.5 Å². The number of carbonyl (C=O) groups is 2. The molecule has 3 nitrogen and oxygen atoms in total. The van der Waals surface area contributed by atoms with Gasteiger partial charge in [-0.2, -0.15) is 0 Å². The van der Waals surface area contributed by atoms with Gasteiger partial charge in [-0.3, -0.25) is 9.59 Å². The fourth-order valence-corrected chi connectivity index (χ4v) is 4.71. The molecule has 2 amide bonds. The van der Waals surface area contributed by atoms with Gasteiger partial charge in [-0.05, 0) is 65.2 Å². The van der Waals surface area contributed by atoms with E-state index in [9.17, 15) is 9.59 Å². The molecule has 4 atom stereocenters. The Labute approximate surface area is 130 Å². The van der Waals surface area contributed by atoms with Crippen LogP contribution in [0.4, 0.5) is 5.69 Å². The minimum absolute atomic E-state index is 0.0226. The van der Waals surface area contributed by atoms with Crippen LogP contribution in [0.15, 0.2) is 22.7 Å². The lowest BCUT2D eigenvalue weighted by Gasteiger charge is -2.19. The Kier molecular flexibility index (Phi) is 2.77. The third-order valence-corrected chi connectivity index (χ3v) is 6.32. The zero-order valence-electron chi connectivity index (χ0n) is 10.7. The van der Waals surface area contributed by atoms with E-state index in [1.54, 1.807) is 18.2 Å². The Morgan fingerprint density at radius 2 is 1.70 bits per heavy atom. The zero-order chi connectivity index (χ0) is 14.0. The summed E-state index contributed by atoms with van der Waals surface area (Å²) in [6.45, 7) is 0. The van der Waals surface area contributed by atoms with Crippen molar-refractivity contribution in [2.45, 2.75) is 19.3 Å². The number of benzene rings is 1. The fourth-order valence-electron chi connectivity index (χ4n) is 4.29. The van der Waals surface area contributed by atoms with E-state index in [4.69, 9.17) is 11.6 Å². The van der Waals surface area contributed by atoms with E-state index in [0.29, 0.717) is 22.5 Å². The third-order valence-electron chi connectivity index (χ3n) is 5.09. The van der Waals surface area contributed by atoms with Gasteiger partial charge in [0.25, 0.3) is 0 Å². The number of fused-ring (bicyclic) bond motifs is 5. The van der Waals surface area contributed by atoms with Gasteiger partial charge < -0.3 is 0 Å². The third kappa shape index (κ3) is 1.58. The number of rotatable bonds is 1. The van der Waals surface area contributed by atoms with Crippen molar-refractivity contribution in [2.24, 2.45) is 23.7 Å². The van der Waals surface area contributed by atoms with Gasteiger partial charge in [0.1, 0.15) is 0 Å². The predicted octanol–water partition coefficient (Wildman–Crippen LogP) is 3.64. The van der Waals surface area contributed by atoms with Crippen molar-refractivity contribution < 1.29 is 9.59 Å². The van der Waals surface area contributed by atoms with Gasteiger partial charge in [-0.15, -0.1) is 0 Å². The number of imide groups is 1. The lowest BCUT2D eigenvalue weighted by atomic mass is 9.81. The second kappa shape index (κ2) is 4.31. The summed E-state index contributed by atoms with van der Waals surface area (Å²) in [4.78, 5) is 26.6. The van der Waals surface area contributed by atoms with Gasteiger partial charge in [0.05, 0.1) is 22.5 Å². The smallest absolute Gasteiger partial charge is 0.237 e. The molecule has 1 aromatic rings. The monoisotopic (exact) mass is 353 g/mol. The highest BCUT2D eigenvalue weighted by atomic mass is 79.9. The van der Waals surface area contributed by atoms with Crippen LogP contribution in [0, 0.1) is 23.7 Å². The van der Waals surface area contributed by atoms with Crippen molar-refractivity contribution in [3.8, 4) is 0 Å². The number of hydrogen-bond acceptors (Lipinski definition) is 2. The van der Waals surface area contributed by atoms with Gasteiger partial charge >= 0.3 is 0 Å². The SMILES string of the molecule is O=C1[C@H]2[C@@H]3CC[C@@H](C3)[C@@H]2C(=O)N1c1ccc(Br)c(Cl)c1. The number of amides is 2. The van der Waals surface area contributed by atoms with E-state index in [1.165, 1.54) is 4.90 Å². The summed E-state index contributed by atoms with van der Waals surface area (Å²) in [5.41, 5.74) is 0.599. The minimum atomic E-state index is -0.0799. The standard InChI is InChI=1S/C15H13BrClNO2/c16-10-4-3-9(6-11(10)17)18-14(19)12-7-1-2-8(5-7)13(12)15(18)20/h3-4,6-8,12-13H,1-2,5H2/t7-,8+,12-,13-/m0/s1. The minimum Gasteiger partial charge on any atom is -0.274 e. The van der Waals surface area contributed by atoms with Crippen molar-refractivity contribution in [3.63, 3.8) is 0 Å². The molecule has 2 aliphatic carbocycles. The molecule has 0 unspecified atom stereocenters. The van der Waals surface area contributed by atoms with Gasteiger partial charge in [0.15, 0.2) is 0 Å². The first kappa shape index (κ1) is 12.8. The maximum atomic E-state index is 12.6. The number of anilines is 1. The molecule has 2 bridgehead atoms. The summed E-state index contributed by atoms with van der Waals surface area (Å²) < 4.78 is 0.766. The average Bonchev–Trinajstić information content (AvgIpc) is 3.08. The summed E-state index contributed by atoms with van der Waals surface area (Å²) in [5, 5.41) is 0.517. The van der Waals surface area contributed by atoms with Crippen molar-refractivity contribution in [1.82, 2.24) is 0 Å². The predicted molar refractivity (Wildman–Crippen MR) is 79.5 cm³/mol. The van der Waals surface area contributed by atoms with Crippen LogP contribution in [0.2, 0.25) is 5.02 Å². The molecule has 104 valence electrons. The van der Waals surface area contributed by atoms with Crippen LogP contribution in [0.5, 0.6) is 0 Å². The molecule has 0 spiro atoms. The molecule has 20 heavy (non-hydrogen) atoms. The lowest BCUT2D eigenvalue weighted by Crippen LogP contribution is -2.32. The Bertz CT molecular complexity index is 604. The quantitative estimate of drug-likeness (QED) is 0.722. The molecular weight excluding hydrogens is 342 g/mol. The van der Waals surface area contributed by atoms with Crippen LogP contribution in [0.1, 0.15) is 19.3 Å². The molecule has 0 N–H and O–H groups in total. The first-order chi connectivity index (χ1) is 9.58. The van der Waals surface area contributed by atoms with E-state index in [0.717, 1.165) is 23.7 Å². The molecule has 1 saturated heterocycles. The van der Waals surface area contributed by atoms with E-state index in [-0.39, 0.29) is 23.7 Å². The summed E-state index contributed by atoms with van der Waals surface area (Å²) in [5.74, 6) is 0.623. The van der Waals surface area contributed by atoms with Gasteiger partial charge in [-0.1, -0.05) is 11.6 Å². The molecule has 1 heterocycles. The molecule has 3 fully saturated rings. The van der Waals surface area contributed by atoms with Gasteiger partial charge in [0.2, 0.25) is 11.8 Å². The van der Waals surface area contributed by atoms with Crippen molar-refractivity contribution in [1.29, 1.82) is 0 Å². The molecule has 4 rings (SSSR count). The van der Waals surface area contributed by atoms with E-state index < -0.39 is 0 Å². The largest absolute Gasteiger partial charge is 0.274 e. The Morgan fingerprint density at radius 3 is 2.25 bits per heavy atom. The molecule has 0 aromatic heterocycles. The number of nitrogens with zero attached hydrogens (tertiary/aromatic N) is 1. The van der Waals surface area contributed by atoms with Crippen LogP contribution in [-0.4, -0.2) is 11.8 Å². The highest BCUT2D eigenvalue weighted by molar-refractivity contribution is 9.10. The number of hydrogen-bond donors (Lipinski definition) is 0. The number of halogens is 2. The second-order valence-electron chi connectivity index (χ2n) is 6.00. The Morgan fingerprint density at radius 1 is 1.10 bits per heavy atom. The van der Waals surface area contributed by atoms with Crippen LogP contribution in [0.3, 0.4) is 0 Å². The molecule has 3 aliphatic rings. The maximum absolute atomic E-state index is 12.6. The number of carbonyl (C=O) groups excluding carboxylic acids is 2. The van der Waals surface area contributed by atoms with Gasteiger partial charge in [-0.25, -0.2) is 4.90 Å². The summed E-state index contributed by atoms with van der Waals surface area (Å²) >= 11 is 9.41. The Balaban J connectivity index is 1.74. The highest BCUT2D eigenvalue weighted by Gasteiger charge is 2.61. The topological polar surface area (TPSA) is 37.4 Å². The summed E-state index contributed by atoms with van der Waals surface area (Å²) in [6.07, 6.45) is 3.25. The molecular formula is C15H13BrClNO2. The molecule has 0 radical (unpaired) electrons. The molecule has 1 aromatic carbocycles. The van der Waals surface area contributed by atoms with E-state index in [1.807, 2.05) is 0 Å². The maximum Gasteiger partial charge on any atom is 0.237 e. The Hall–Kier alpha value is -0.870. The first-order valence-electron chi connectivity index (χ1n) is 6.91. The van der Waals surface area contributed by atoms with Crippen molar-refractivity contribution in [3.05, 3.63) is 27.7 Å². The van der Waals surface area contributed by atoms with Crippen molar-refractivity contribution in [2.75, 3.05) is 4.90 Å². The van der Waals surface area contributed by atoms with Gasteiger partial charge in [0, 0.05) is 4.47 Å². The second-order valence-corrected chi connectivity index (χ2v) is 7.26. The first-order valence-corrected chi connectivity index (χ1v) is 8.08. The van der Waals surface area contributed by atoms with E-state index >= 15 is 0 Å². The molecule has 1 aliphatic heterocycles.